The van der Waals surface area contributed by atoms with Crippen molar-refractivity contribution < 1.29 is 19.1 Å². The molecule has 6 unspecified atom stereocenters. The van der Waals surface area contributed by atoms with Crippen molar-refractivity contribution in [3.8, 4) is 0 Å². The molecule has 0 aromatic carbocycles. The Balaban J connectivity index is 2.24. The van der Waals surface area contributed by atoms with E-state index in [2.05, 4.69) is 13.8 Å². The molecule has 4 heteroatoms. The Labute approximate surface area is 159 Å². The molecule has 0 radical (unpaired) electrons. The zero-order valence-corrected chi connectivity index (χ0v) is 17.9. The number of hydrogen-bond acceptors (Lipinski definition) is 4. The Morgan fingerprint density at radius 3 is 1.27 bits per heavy atom. The van der Waals surface area contributed by atoms with Crippen molar-refractivity contribution >= 4 is 11.9 Å². The topological polar surface area (TPSA) is 52.6 Å². The molecule has 0 amide bonds. The van der Waals surface area contributed by atoms with E-state index in [1.807, 2.05) is 41.5 Å². The first-order chi connectivity index (χ1) is 11.8. The average Bonchev–Trinajstić information content (AvgIpc) is 2.53. The van der Waals surface area contributed by atoms with Crippen LogP contribution in [0.3, 0.4) is 0 Å². The SMILES string of the molecule is CC1C(C)C(OC(=O)C(C)(C)C)C2CCCCC2C1OC(=O)C(C)(C)C. The molecule has 0 N–H and O–H groups in total. The quantitative estimate of drug-likeness (QED) is 0.646. The minimum absolute atomic E-state index is 0.0772. The van der Waals surface area contributed by atoms with Crippen LogP contribution in [0.2, 0.25) is 0 Å². The highest BCUT2D eigenvalue weighted by Gasteiger charge is 2.52. The summed E-state index contributed by atoms with van der Waals surface area (Å²) in [4.78, 5) is 25.1. The molecular weight excluding hydrogens is 328 g/mol. The Hall–Kier alpha value is -1.06. The fraction of sp³-hybridized carbons (Fsp3) is 0.909. The Morgan fingerprint density at radius 1 is 0.692 bits per heavy atom. The molecule has 0 spiro atoms. The van der Waals surface area contributed by atoms with Crippen LogP contribution in [0, 0.1) is 34.5 Å². The number of esters is 2. The van der Waals surface area contributed by atoms with Crippen molar-refractivity contribution in [1.29, 1.82) is 0 Å². The van der Waals surface area contributed by atoms with E-state index >= 15 is 0 Å². The summed E-state index contributed by atoms with van der Waals surface area (Å²) in [6.07, 6.45) is 4.26. The van der Waals surface area contributed by atoms with Crippen LogP contribution >= 0.6 is 0 Å². The highest BCUT2D eigenvalue weighted by atomic mass is 16.6. The normalized spacial score (nSPS) is 35.4. The zero-order valence-electron chi connectivity index (χ0n) is 17.9. The summed E-state index contributed by atoms with van der Waals surface area (Å²) in [5.41, 5.74) is -0.995. The third-order valence-electron chi connectivity index (χ3n) is 6.30. The second-order valence-corrected chi connectivity index (χ2v) is 10.6. The third-order valence-corrected chi connectivity index (χ3v) is 6.30. The van der Waals surface area contributed by atoms with Gasteiger partial charge in [0.15, 0.2) is 0 Å². The monoisotopic (exact) mass is 366 g/mol. The zero-order chi connectivity index (χ0) is 19.9. The molecule has 0 aliphatic heterocycles. The fourth-order valence-corrected chi connectivity index (χ4v) is 4.37. The van der Waals surface area contributed by atoms with Crippen LogP contribution in [0.15, 0.2) is 0 Å². The van der Waals surface area contributed by atoms with Gasteiger partial charge in [-0.2, -0.15) is 0 Å². The maximum absolute atomic E-state index is 12.5. The largest absolute Gasteiger partial charge is 0.461 e. The lowest BCUT2D eigenvalue weighted by molar-refractivity contribution is -0.197. The molecule has 0 aromatic rings. The number of carbonyl (C=O) groups excluding carboxylic acids is 2. The summed E-state index contributed by atoms with van der Waals surface area (Å²) in [6, 6.07) is 0. The first-order valence-corrected chi connectivity index (χ1v) is 10.3. The minimum Gasteiger partial charge on any atom is -0.461 e. The molecule has 2 rings (SSSR count). The molecule has 2 fully saturated rings. The first kappa shape index (κ1) is 21.2. The maximum atomic E-state index is 12.5. The fourth-order valence-electron chi connectivity index (χ4n) is 4.37. The number of carbonyl (C=O) groups is 2. The van der Waals surface area contributed by atoms with Gasteiger partial charge in [-0.1, -0.05) is 26.7 Å². The Bertz CT molecular complexity index is 477. The molecule has 0 heterocycles. The molecule has 0 aromatic heterocycles. The molecule has 4 nitrogen and oxygen atoms in total. The van der Waals surface area contributed by atoms with E-state index in [-0.39, 0.29) is 36.0 Å². The smallest absolute Gasteiger partial charge is 0.311 e. The summed E-state index contributed by atoms with van der Waals surface area (Å²) in [6.45, 7) is 15.7. The van der Waals surface area contributed by atoms with E-state index in [0.29, 0.717) is 11.8 Å². The highest BCUT2D eigenvalue weighted by Crippen LogP contribution is 2.48. The van der Waals surface area contributed by atoms with E-state index in [4.69, 9.17) is 9.47 Å². The van der Waals surface area contributed by atoms with Crippen molar-refractivity contribution in [2.45, 2.75) is 93.3 Å². The second-order valence-electron chi connectivity index (χ2n) is 10.6. The molecule has 2 aliphatic carbocycles. The third kappa shape index (κ3) is 4.43. The van der Waals surface area contributed by atoms with Gasteiger partial charge in [0, 0.05) is 11.8 Å². The minimum atomic E-state index is -0.497. The van der Waals surface area contributed by atoms with Gasteiger partial charge in [0.05, 0.1) is 10.8 Å². The number of ether oxygens (including phenoxy) is 2. The van der Waals surface area contributed by atoms with Crippen molar-refractivity contribution in [2.24, 2.45) is 34.5 Å². The molecule has 2 saturated carbocycles. The first-order valence-electron chi connectivity index (χ1n) is 10.3. The van der Waals surface area contributed by atoms with Gasteiger partial charge in [0.1, 0.15) is 12.2 Å². The van der Waals surface area contributed by atoms with Crippen molar-refractivity contribution in [3.63, 3.8) is 0 Å². The van der Waals surface area contributed by atoms with Crippen LogP contribution in [0.25, 0.3) is 0 Å². The molecule has 0 bridgehead atoms. The summed E-state index contributed by atoms with van der Waals surface area (Å²) >= 11 is 0. The van der Waals surface area contributed by atoms with E-state index in [9.17, 15) is 9.59 Å². The van der Waals surface area contributed by atoms with E-state index in [1.165, 1.54) is 0 Å². The molecular formula is C22H38O4. The van der Waals surface area contributed by atoms with Crippen molar-refractivity contribution in [1.82, 2.24) is 0 Å². The van der Waals surface area contributed by atoms with Crippen LogP contribution in [-0.2, 0) is 19.1 Å². The van der Waals surface area contributed by atoms with Crippen LogP contribution in [0.4, 0.5) is 0 Å². The Kier molecular flexibility index (Phi) is 6.14. The molecule has 26 heavy (non-hydrogen) atoms. The standard InChI is InChI=1S/C22H38O4/c1-13-14(2)18(26-20(24)22(6,7)8)16-12-10-9-11-15(16)17(13)25-19(23)21(3,4)5/h13-18H,9-12H2,1-8H3. The number of fused-ring (bicyclic) bond motifs is 1. The van der Waals surface area contributed by atoms with Gasteiger partial charge in [-0.05, 0) is 66.2 Å². The van der Waals surface area contributed by atoms with E-state index in [0.717, 1.165) is 25.7 Å². The molecule has 0 saturated heterocycles. The molecule has 2 aliphatic rings. The average molecular weight is 367 g/mol. The van der Waals surface area contributed by atoms with E-state index in [1.54, 1.807) is 0 Å². The molecule has 150 valence electrons. The lowest BCUT2D eigenvalue weighted by Crippen LogP contribution is -2.55. The predicted octanol–water partition coefficient (Wildman–Crippen LogP) is 4.99. The number of rotatable bonds is 2. The summed E-state index contributed by atoms with van der Waals surface area (Å²) in [7, 11) is 0. The lowest BCUT2D eigenvalue weighted by Gasteiger charge is -2.51. The highest BCUT2D eigenvalue weighted by molar-refractivity contribution is 5.76. The van der Waals surface area contributed by atoms with Crippen LogP contribution in [0.5, 0.6) is 0 Å². The van der Waals surface area contributed by atoms with Gasteiger partial charge in [0.2, 0.25) is 0 Å². The van der Waals surface area contributed by atoms with Crippen LogP contribution < -0.4 is 0 Å². The summed E-state index contributed by atoms with van der Waals surface area (Å²) in [5, 5.41) is 0. The summed E-state index contributed by atoms with van der Waals surface area (Å²) < 4.78 is 12.1. The van der Waals surface area contributed by atoms with Gasteiger partial charge in [-0.15, -0.1) is 0 Å². The molecule has 6 atom stereocenters. The van der Waals surface area contributed by atoms with E-state index < -0.39 is 10.8 Å². The van der Waals surface area contributed by atoms with Gasteiger partial charge in [0.25, 0.3) is 0 Å². The van der Waals surface area contributed by atoms with Gasteiger partial charge >= 0.3 is 11.9 Å². The number of hydrogen-bond donors (Lipinski definition) is 0. The van der Waals surface area contributed by atoms with Gasteiger partial charge in [-0.25, -0.2) is 0 Å². The lowest BCUT2D eigenvalue weighted by atomic mass is 9.61. The van der Waals surface area contributed by atoms with Gasteiger partial charge < -0.3 is 9.47 Å². The summed E-state index contributed by atoms with van der Waals surface area (Å²) in [5.74, 6) is 0.682. The van der Waals surface area contributed by atoms with Crippen molar-refractivity contribution in [3.05, 3.63) is 0 Å². The van der Waals surface area contributed by atoms with Crippen LogP contribution in [-0.4, -0.2) is 24.1 Å². The van der Waals surface area contributed by atoms with Gasteiger partial charge in [-0.3, -0.25) is 9.59 Å². The second kappa shape index (κ2) is 7.52. The Morgan fingerprint density at radius 2 is 1.00 bits per heavy atom. The van der Waals surface area contributed by atoms with Crippen molar-refractivity contribution in [2.75, 3.05) is 0 Å². The van der Waals surface area contributed by atoms with Crippen LogP contribution in [0.1, 0.15) is 81.1 Å². The predicted molar refractivity (Wildman–Crippen MR) is 102 cm³/mol. The maximum Gasteiger partial charge on any atom is 0.311 e.